The summed E-state index contributed by atoms with van der Waals surface area (Å²) in [5.41, 5.74) is 3.39. The van der Waals surface area contributed by atoms with Crippen LogP contribution >= 0.6 is 0 Å². The van der Waals surface area contributed by atoms with Gasteiger partial charge < -0.3 is 9.84 Å². The molecule has 2 unspecified atom stereocenters. The highest BCUT2D eigenvalue weighted by Gasteiger charge is 2.25. The second-order valence-electron chi connectivity index (χ2n) is 4.90. The molecule has 0 spiro atoms. The number of rotatable bonds is 0. The zero-order valence-electron chi connectivity index (χ0n) is 12.5. The van der Waals surface area contributed by atoms with E-state index < -0.39 is 12.3 Å². The number of carbonyl (C=O) groups is 2. The summed E-state index contributed by atoms with van der Waals surface area (Å²) in [6.07, 6.45) is -0.269. The fourth-order valence-corrected chi connectivity index (χ4v) is 1.80. The first-order chi connectivity index (χ1) is 8.25. The Balaban J connectivity index is 0.000000324. The number of Topliss-reactive ketones (excluding diaryl/α,β-unsaturated/α-hetero) is 1. The van der Waals surface area contributed by atoms with E-state index in [0.29, 0.717) is 22.8 Å². The summed E-state index contributed by atoms with van der Waals surface area (Å²) in [6, 6.07) is 0. The van der Waals surface area contributed by atoms with Gasteiger partial charge in [-0.3, -0.25) is 4.79 Å². The SMILES string of the molecule is CC1=C(C)C(C)CC1=O.CC1=C(C)C(O)OC1=O.[H+]. The maximum Gasteiger partial charge on any atom is 1.00 e. The number of aliphatic hydroxyl groups excluding tert-OH is 1. The first kappa shape index (κ1) is 14.6. The Morgan fingerprint density at radius 2 is 1.67 bits per heavy atom. The molecule has 4 heteroatoms. The van der Waals surface area contributed by atoms with Crippen molar-refractivity contribution in [2.75, 3.05) is 0 Å². The standard InChI is InChI=1S/C8H12O.C6H8O3/c1-5-4-8(9)7(3)6(5)2;1-3-4(2)6(8)9-5(3)7/h5H,4H2,1-3H3;5,7H,1-2H3/p+1. The molecule has 0 bridgehead atoms. The van der Waals surface area contributed by atoms with Crippen LogP contribution in [0.3, 0.4) is 0 Å². The van der Waals surface area contributed by atoms with E-state index in [1.54, 1.807) is 13.8 Å². The van der Waals surface area contributed by atoms with Crippen LogP contribution in [0.15, 0.2) is 22.3 Å². The lowest BCUT2D eigenvalue weighted by Crippen LogP contribution is -2.07. The predicted molar refractivity (Wildman–Crippen MR) is 68.7 cm³/mol. The molecule has 0 fully saturated rings. The van der Waals surface area contributed by atoms with E-state index in [9.17, 15) is 9.59 Å². The molecular weight excluding hydrogens is 232 g/mol. The van der Waals surface area contributed by atoms with Gasteiger partial charge in [0.05, 0.1) is 0 Å². The summed E-state index contributed by atoms with van der Waals surface area (Å²) in [4.78, 5) is 21.5. The van der Waals surface area contributed by atoms with Gasteiger partial charge in [0.2, 0.25) is 6.29 Å². The third kappa shape index (κ3) is 2.88. The van der Waals surface area contributed by atoms with Gasteiger partial charge in [-0.15, -0.1) is 0 Å². The minimum absolute atomic E-state index is 0. The number of allylic oxidation sites excluding steroid dienone is 2. The largest absolute Gasteiger partial charge is 1.00 e. The van der Waals surface area contributed by atoms with Gasteiger partial charge in [-0.25, -0.2) is 4.79 Å². The van der Waals surface area contributed by atoms with Gasteiger partial charge in [0, 0.05) is 17.6 Å². The maximum atomic E-state index is 10.9. The molecule has 2 aliphatic rings. The van der Waals surface area contributed by atoms with Crippen molar-refractivity contribution in [1.82, 2.24) is 0 Å². The highest BCUT2D eigenvalue weighted by atomic mass is 16.6. The summed E-state index contributed by atoms with van der Waals surface area (Å²) >= 11 is 0. The first-order valence-corrected chi connectivity index (χ1v) is 6.02. The van der Waals surface area contributed by atoms with Crippen molar-refractivity contribution in [2.45, 2.75) is 47.3 Å². The zero-order valence-corrected chi connectivity index (χ0v) is 11.5. The Hall–Kier alpha value is -1.42. The van der Waals surface area contributed by atoms with E-state index in [1.807, 2.05) is 13.8 Å². The second-order valence-corrected chi connectivity index (χ2v) is 4.90. The van der Waals surface area contributed by atoms with Gasteiger partial charge in [0.25, 0.3) is 0 Å². The van der Waals surface area contributed by atoms with E-state index in [4.69, 9.17) is 5.11 Å². The van der Waals surface area contributed by atoms with Crippen LogP contribution in [-0.4, -0.2) is 23.1 Å². The fourth-order valence-electron chi connectivity index (χ4n) is 1.80. The number of ether oxygens (including phenoxy) is 1. The first-order valence-electron chi connectivity index (χ1n) is 6.02. The molecule has 1 aliphatic heterocycles. The van der Waals surface area contributed by atoms with Gasteiger partial charge >= 0.3 is 7.40 Å². The smallest absolute Gasteiger partial charge is 0.428 e. The summed E-state index contributed by atoms with van der Waals surface area (Å²) in [7, 11) is 0. The predicted octanol–water partition coefficient (Wildman–Crippen LogP) is 2.24. The summed E-state index contributed by atoms with van der Waals surface area (Å²) in [5.74, 6) is 0.414. The van der Waals surface area contributed by atoms with Gasteiger partial charge in [-0.05, 0) is 39.2 Å². The molecular formula is C14H21O4+. The van der Waals surface area contributed by atoms with Crippen LogP contribution in [0.4, 0.5) is 0 Å². The number of cyclic esters (lactones) is 1. The minimum Gasteiger partial charge on any atom is -0.428 e. The lowest BCUT2D eigenvalue weighted by molar-refractivity contribution is -0.151. The number of ketones is 1. The molecule has 1 N–H and O–H groups in total. The molecule has 0 amide bonds. The second kappa shape index (κ2) is 5.48. The molecule has 2 rings (SSSR count). The lowest BCUT2D eigenvalue weighted by Gasteiger charge is -1.99. The van der Waals surface area contributed by atoms with Gasteiger partial charge in [-0.1, -0.05) is 12.5 Å². The van der Waals surface area contributed by atoms with Crippen molar-refractivity contribution in [3.8, 4) is 0 Å². The van der Waals surface area contributed by atoms with E-state index >= 15 is 0 Å². The Kier molecular flexibility index (Phi) is 4.46. The number of carbonyl (C=O) groups excluding carboxylic acids is 2. The quantitative estimate of drug-likeness (QED) is 0.672. The Morgan fingerprint density at radius 1 is 1.11 bits per heavy atom. The van der Waals surface area contributed by atoms with Crippen molar-refractivity contribution in [1.29, 1.82) is 0 Å². The van der Waals surface area contributed by atoms with E-state index in [2.05, 4.69) is 11.7 Å². The molecule has 1 heterocycles. The van der Waals surface area contributed by atoms with Gasteiger partial charge in [0.1, 0.15) is 0 Å². The molecule has 0 aromatic heterocycles. The Bertz CT molecular complexity index is 406. The van der Waals surface area contributed by atoms with Gasteiger partial charge in [-0.2, -0.15) is 0 Å². The zero-order chi connectivity index (χ0) is 14.0. The van der Waals surface area contributed by atoms with Crippen molar-refractivity contribution in [3.63, 3.8) is 0 Å². The molecule has 0 aromatic carbocycles. The molecule has 18 heavy (non-hydrogen) atoms. The van der Waals surface area contributed by atoms with Crippen LogP contribution in [0.2, 0.25) is 0 Å². The van der Waals surface area contributed by atoms with E-state index in [0.717, 1.165) is 12.0 Å². The minimum atomic E-state index is -1.00. The topological polar surface area (TPSA) is 63.6 Å². The highest BCUT2D eigenvalue weighted by Crippen LogP contribution is 2.27. The Morgan fingerprint density at radius 3 is 1.78 bits per heavy atom. The maximum absolute atomic E-state index is 10.9. The number of aliphatic hydroxyl groups is 1. The van der Waals surface area contributed by atoms with Gasteiger partial charge in [0.15, 0.2) is 5.78 Å². The fraction of sp³-hybridized carbons (Fsp3) is 0.571. The summed E-state index contributed by atoms with van der Waals surface area (Å²) in [6.45, 7) is 9.37. The third-order valence-electron chi connectivity index (χ3n) is 3.73. The molecule has 0 radical (unpaired) electrons. The molecule has 2 atom stereocenters. The molecule has 0 aromatic rings. The molecule has 0 saturated carbocycles. The highest BCUT2D eigenvalue weighted by molar-refractivity contribution is 5.98. The lowest BCUT2D eigenvalue weighted by atomic mass is 10.1. The normalized spacial score (nSPS) is 27.4. The molecule has 1 aliphatic carbocycles. The number of esters is 1. The van der Waals surface area contributed by atoms with E-state index in [1.165, 1.54) is 5.57 Å². The van der Waals surface area contributed by atoms with Crippen LogP contribution in [0.25, 0.3) is 0 Å². The third-order valence-corrected chi connectivity index (χ3v) is 3.73. The van der Waals surface area contributed by atoms with Crippen LogP contribution < -0.4 is 0 Å². The van der Waals surface area contributed by atoms with Crippen LogP contribution in [0, 0.1) is 5.92 Å². The molecule has 100 valence electrons. The molecule has 0 saturated heterocycles. The summed E-state index contributed by atoms with van der Waals surface area (Å²) in [5, 5.41) is 8.84. The van der Waals surface area contributed by atoms with Crippen molar-refractivity contribution in [2.24, 2.45) is 5.92 Å². The van der Waals surface area contributed by atoms with Crippen molar-refractivity contribution >= 4 is 11.8 Å². The Labute approximate surface area is 109 Å². The summed E-state index contributed by atoms with van der Waals surface area (Å²) < 4.78 is 4.43. The number of hydrogen-bond donors (Lipinski definition) is 1. The monoisotopic (exact) mass is 253 g/mol. The number of hydrogen-bond acceptors (Lipinski definition) is 4. The van der Waals surface area contributed by atoms with Crippen molar-refractivity contribution in [3.05, 3.63) is 22.3 Å². The van der Waals surface area contributed by atoms with Crippen molar-refractivity contribution < 1.29 is 20.9 Å². The van der Waals surface area contributed by atoms with E-state index in [-0.39, 0.29) is 1.43 Å². The van der Waals surface area contributed by atoms with Crippen LogP contribution in [-0.2, 0) is 14.3 Å². The van der Waals surface area contributed by atoms with Crippen LogP contribution in [0.5, 0.6) is 0 Å². The average molecular weight is 253 g/mol. The average Bonchev–Trinajstić information content (AvgIpc) is 2.66. The van der Waals surface area contributed by atoms with Crippen LogP contribution in [0.1, 0.15) is 42.5 Å². The molecule has 4 nitrogen and oxygen atoms in total.